The smallest absolute Gasteiger partial charge is 0.341 e. The third-order valence-corrected chi connectivity index (χ3v) is 4.88. The van der Waals surface area contributed by atoms with E-state index in [2.05, 4.69) is 24.8 Å². The van der Waals surface area contributed by atoms with E-state index in [1.165, 1.54) is 13.3 Å². The average Bonchev–Trinajstić information content (AvgIpc) is 2.73. The highest BCUT2D eigenvalue weighted by atomic mass is 16.5. The number of pyridine rings is 1. The summed E-state index contributed by atoms with van der Waals surface area (Å²) in [7, 11) is 1.54. The van der Waals surface area contributed by atoms with Crippen LogP contribution in [0.2, 0.25) is 0 Å². The first-order valence-electron chi connectivity index (χ1n) is 8.82. The fourth-order valence-corrected chi connectivity index (χ4v) is 3.48. The molecule has 144 valence electrons. The summed E-state index contributed by atoms with van der Waals surface area (Å²) in [6.45, 7) is 2.97. The van der Waals surface area contributed by atoms with Gasteiger partial charge in [-0.2, -0.15) is 0 Å². The van der Waals surface area contributed by atoms with Crippen LogP contribution in [0.5, 0.6) is 5.75 Å². The van der Waals surface area contributed by atoms with Crippen molar-refractivity contribution in [1.29, 1.82) is 0 Å². The van der Waals surface area contributed by atoms with Crippen LogP contribution >= 0.6 is 0 Å². The summed E-state index contributed by atoms with van der Waals surface area (Å²) < 4.78 is 5.58. The first-order chi connectivity index (χ1) is 13.6. The highest BCUT2D eigenvalue weighted by Gasteiger charge is 2.23. The molecule has 0 aliphatic carbocycles. The van der Waals surface area contributed by atoms with Crippen molar-refractivity contribution in [3.63, 3.8) is 0 Å². The largest absolute Gasteiger partial charge is 0.492 e. The van der Waals surface area contributed by atoms with Gasteiger partial charge < -0.3 is 24.6 Å². The number of carboxylic acids is 1. The Bertz CT molecular complexity index is 1070. The number of aromatic carboxylic acids is 1. The lowest BCUT2D eigenvalue weighted by Gasteiger charge is -2.36. The van der Waals surface area contributed by atoms with Gasteiger partial charge in [-0.15, -0.1) is 0 Å². The number of fused-ring (bicyclic) bond motifs is 1. The van der Waals surface area contributed by atoms with E-state index in [1.807, 2.05) is 0 Å². The molecule has 0 radical (unpaired) electrons. The molecule has 1 fully saturated rings. The Morgan fingerprint density at radius 1 is 1.14 bits per heavy atom. The van der Waals surface area contributed by atoms with Crippen LogP contribution in [0.15, 0.2) is 41.6 Å². The van der Waals surface area contributed by atoms with E-state index >= 15 is 0 Å². The van der Waals surface area contributed by atoms with E-state index in [9.17, 15) is 9.59 Å². The zero-order valence-electron chi connectivity index (χ0n) is 15.3. The van der Waals surface area contributed by atoms with Crippen molar-refractivity contribution >= 4 is 28.5 Å². The highest BCUT2D eigenvalue weighted by Crippen LogP contribution is 2.34. The van der Waals surface area contributed by atoms with Crippen molar-refractivity contribution < 1.29 is 14.6 Å². The lowest BCUT2D eigenvalue weighted by atomic mass is 10.1. The van der Waals surface area contributed by atoms with Crippen LogP contribution in [-0.4, -0.2) is 59.3 Å². The van der Waals surface area contributed by atoms with E-state index in [-0.39, 0.29) is 10.9 Å². The number of methoxy groups -OCH3 is 1. The molecule has 3 heterocycles. The number of piperazine rings is 1. The van der Waals surface area contributed by atoms with Gasteiger partial charge in [-0.05, 0) is 18.2 Å². The van der Waals surface area contributed by atoms with Crippen molar-refractivity contribution in [3.8, 4) is 5.75 Å². The second kappa shape index (κ2) is 7.18. The number of hydrogen-bond acceptors (Lipinski definition) is 7. The molecular formula is C19H19N5O4. The number of nitrogens with zero attached hydrogens (tertiary/aromatic N) is 4. The quantitative estimate of drug-likeness (QED) is 0.697. The Labute approximate surface area is 160 Å². The fraction of sp³-hybridized carbons (Fsp3) is 0.263. The number of benzene rings is 1. The van der Waals surface area contributed by atoms with E-state index in [0.29, 0.717) is 17.2 Å². The maximum Gasteiger partial charge on any atom is 0.341 e. The van der Waals surface area contributed by atoms with Crippen molar-refractivity contribution in [2.24, 2.45) is 0 Å². The number of aromatic amines is 1. The lowest BCUT2D eigenvalue weighted by Crippen LogP contribution is -2.47. The van der Waals surface area contributed by atoms with Crippen molar-refractivity contribution in [3.05, 3.63) is 52.6 Å². The molecule has 0 saturated carbocycles. The molecule has 2 N–H and O–H groups in total. The van der Waals surface area contributed by atoms with Gasteiger partial charge in [0.15, 0.2) is 5.75 Å². The summed E-state index contributed by atoms with van der Waals surface area (Å²) in [6.07, 6.45) is 4.66. The maximum atomic E-state index is 12.4. The predicted molar refractivity (Wildman–Crippen MR) is 105 cm³/mol. The van der Waals surface area contributed by atoms with Gasteiger partial charge >= 0.3 is 5.97 Å². The molecule has 9 nitrogen and oxygen atoms in total. The van der Waals surface area contributed by atoms with E-state index in [4.69, 9.17) is 9.84 Å². The molecule has 1 aliphatic rings. The standard InChI is InChI=1S/C19H19N5O4/c1-28-17-14(4-3-12-15(17)22-11-13(16(12)25)18(26)27)23-7-9-24(10-8-23)19-20-5-2-6-21-19/h2-6,11H,7-10H2,1H3,(H,22,25)(H,26,27). The molecular weight excluding hydrogens is 362 g/mol. The van der Waals surface area contributed by atoms with Crippen LogP contribution in [0.4, 0.5) is 11.6 Å². The Kier molecular flexibility index (Phi) is 4.56. The number of carbonyl (C=O) groups is 1. The van der Waals surface area contributed by atoms with Gasteiger partial charge in [-0.25, -0.2) is 14.8 Å². The Balaban J connectivity index is 1.65. The van der Waals surface area contributed by atoms with E-state index in [0.717, 1.165) is 31.9 Å². The van der Waals surface area contributed by atoms with Gasteiger partial charge in [0.25, 0.3) is 0 Å². The van der Waals surface area contributed by atoms with Crippen molar-refractivity contribution in [1.82, 2.24) is 15.0 Å². The number of rotatable bonds is 4. The number of anilines is 2. The minimum atomic E-state index is -1.26. The second-order valence-electron chi connectivity index (χ2n) is 6.40. The van der Waals surface area contributed by atoms with Crippen LogP contribution < -0.4 is 20.0 Å². The van der Waals surface area contributed by atoms with Crippen LogP contribution in [0.25, 0.3) is 10.9 Å². The summed E-state index contributed by atoms with van der Waals surface area (Å²) >= 11 is 0. The summed E-state index contributed by atoms with van der Waals surface area (Å²) in [5.41, 5.74) is 0.516. The zero-order chi connectivity index (χ0) is 19.7. The number of aromatic nitrogens is 3. The van der Waals surface area contributed by atoms with Crippen LogP contribution in [-0.2, 0) is 0 Å². The molecule has 0 amide bonds. The molecule has 2 aromatic heterocycles. The predicted octanol–water partition coefficient (Wildman–Crippen LogP) is 1.35. The molecule has 4 rings (SSSR count). The molecule has 0 unspecified atom stereocenters. The fourth-order valence-electron chi connectivity index (χ4n) is 3.48. The summed E-state index contributed by atoms with van der Waals surface area (Å²) in [5, 5.41) is 9.44. The van der Waals surface area contributed by atoms with Gasteiger partial charge in [-0.1, -0.05) is 0 Å². The van der Waals surface area contributed by atoms with Gasteiger partial charge in [0, 0.05) is 44.8 Å². The Morgan fingerprint density at radius 3 is 2.46 bits per heavy atom. The third kappa shape index (κ3) is 3.00. The molecule has 0 bridgehead atoms. The molecule has 3 aromatic rings. The highest BCUT2D eigenvalue weighted by molar-refractivity contribution is 5.96. The third-order valence-electron chi connectivity index (χ3n) is 4.88. The normalized spacial score (nSPS) is 14.3. The van der Waals surface area contributed by atoms with Gasteiger partial charge in [0.05, 0.1) is 23.7 Å². The van der Waals surface area contributed by atoms with Gasteiger partial charge in [-0.3, -0.25) is 4.79 Å². The Morgan fingerprint density at radius 2 is 1.82 bits per heavy atom. The molecule has 9 heteroatoms. The molecule has 1 saturated heterocycles. The first-order valence-corrected chi connectivity index (χ1v) is 8.82. The topological polar surface area (TPSA) is 112 Å². The summed E-state index contributed by atoms with van der Waals surface area (Å²) in [4.78, 5) is 39.4. The monoisotopic (exact) mass is 381 g/mol. The SMILES string of the molecule is COc1c(N2CCN(c3ncccn3)CC2)ccc2c(=O)c(C(=O)O)c[nH]c12. The van der Waals surface area contributed by atoms with E-state index in [1.54, 1.807) is 30.6 Å². The second-order valence-corrected chi connectivity index (χ2v) is 6.40. The minimum Gasteiger partial charge on any atom is -0.492 e. The van der Waals surface area contributed by atoms with Crippen LogP contribution in [0, 0.1) is 0 Å². The number of carboxylic acid groups (broad SMARTS) is 1. The molecule has 28 heavy (non-hydrogen) atoms. The summed E-state index contributed by atoms with van der Waals surface area (Å²) in [6, 6.07) is 5.23. The Hall–Kier alpha value is -3.62. The van der Waals surface area contributed by atoms with E-state index < -0.39 is 11.4 Å². The zero-order valence-corrected chi connectivity index (χ0v) is 15.3. The number of H-pyrrole nitrogens is 1. The molecule has 1 aromatic carbocycles. The average molecular weight is 381 g/mol. The molecule has 1 aliphatic heterocycles. The number of nitrogens with one attached hydrogen (secondary N) is 1. The van der Waals surface area contributed by atoms with Crippen molar-refractivity contribution in [2.45, 2.75) is 0 Å². The van der Waals surface area contributed by atoms with Gasteiger partial charge in [0.2, 0.25) is 11.4 Å². The first kappa shape index (κ1) is 17.8. The maximum absolute atomic E-state index is 12.4. The van der Waals surface area contributed by atoms with Gasteiger partial charge in [0.1, 0.15) is 5.56 Å². The number of hydrogen-bond donors (Lipinski definition) is 2. The van der Waals surface area contributed by atoms with Crippen LogP contribution in [0.3, 0.4) is 0 Å². The minimum absolute atomic E-state index is 0.289. The number of ether oxygens (including phenoxy) is 1. The lowest BCUT2D eigenvalue weighted by molar-refractivity contribution is 0.0695. The molecule has 0 atom stereocenters. The molecule has 0 spiro atoms. The van der Waals surface area contributed by atoms with Crippen LogP contribution in [0.1, 0.15) is 10.4 Å². The summed E-state index contributed by atoms with van der Waals surface area (Å²) in [5.74, 6) is -0.0282. The van der Waals surface area contributed by atoms with Crippen molar-refractivity contribution in [2.75, 3.05) is 43.1 Å².